The summed E-state index contributed by atoms with van der Waals surface area (Å²) in [6.07, 6.45) is 2.14. The standard InChI is InChI=1S/C13H26N2O/c1-10(2)7-9-15-11(3)6-8-14-13(4,5)12(15)16/h10-11,14H,6-9H2,1-5H3. The number of hydrogen-bond acceptors (Lipinski definition) is 2. The van der Waals surface area contributed by atoms with Crippen molar-refractivity contribution in [2.24, 2.45) is 5.92 Å². The van der Waals surface area contributed by atoms with E-state index in [-0.39, 0.29) is 5.91 Å². The summed E-state index contributed by atoms with van der Waals surface area (Å²) in [5.41, 5.74) is -0.401. The van der Waals surface area contributed by atoms with Crippen molar-refractivity contribution < 1.29 is 4.79 Å². The molecule has 1 heterocycles. The van der Waals surface area contributed by atoms with Gasteiger partial charge < -0.3 is 10.2 Å². The minimum Gasteiger partial charge on any atom is -0.338 e. The zero-order valence-corrected chi connectivity index (χ0v) is 11.3. The fourth-order valence-corrected chi connectivity index (χ4v) is 2.10. The lowest BCUT2D eigenvalue weighted by Gasteiger charge is -2.33. The molecule has 1 atom stereocenters. The fourth-order valence-electron chi connectivity index (χ4n) is 2.10. The molecule has 3 heteroatoms. The molecule has 1 unspecified atom stereocenters. The van der Waals surface area contributed by atoms with Gasteiger partial charge in [0.2, 0.25) is 5.91 Å². The average molecular weight is 226 g/mol. The molecule has 0 saturated carbocycles. The molecule has 0 aromatic heterocycles. The molecule has 3 nitrogen and oxygen atoms in total. The first-order valence-electron chi connectivity index (χ1n) is 6.40. The first-order chi connectivity index (χ1) is 7.34. The quantitative estimate of drug-likeness (QED) is 0.798. The predicted molar refractivity (Wildman–Crippen MR) is 67.3 cm³/mol. The van der Waals surface area contributed by atoms with E-state index in [1.165, 1.54) is 0 Å². The zero-order valence-electron chi connectivity index (χ0n) is 11.3. The Hall–Kier alpha value is -0.570. The minimum atomic E-state index is -0.401. The van der Waals surface area contributed by atoms with Crippen LogP contribution < -0.4 is 5.32 Å². The monoisotopic (exact) mass is 226 g/mol. The van der Waals surface area contributed by atoms with Crippen LogP contribution in [0.25, 0.3) is 0 Å². The van der Waals surface area contributed by atoms with Gasteiger partial charge in [-0.1, -0.05) is 13.8 Å². The van der Waals surface area contributed by atoms with Gasteiger partial charge in [-0.2, -0.15) is 0 Å². The van der Waals surface area contributed by atoms with Crippen molar-refractivity contribution in [3.63, 3.8) is 0 Å². The number of amides is 1. The Morgan fingerprint density at radius 2 is 2.12 bits per heavy atom. The summed E-state index contributed by atoms with van der Waals surface area (Å²) in [5.74, 6) is 0.900. The van der Waals surface area contributed by atoms with Gasteiger partial charge in [0, 0.05) is 12.6 Å². The number of carbonyl (C=O) groups is 1. The molecule has 0 aromatic carbocycles. The highest BCUT2D eigenvalue weighted by molar-refractivity contribution is 5.86. The minimum absolute atomic E-state index is 0.248. The lowest BCUT2D eigenvalue weighted by molar-refractivity contribution is -0.138. The maximum absolute atomic E-state index is 12.4. The van der Waals surface area contributed by atoms with Crippen LogP contribution in [0.5, 0.6) is 0 Å². The van der Waals surface area contributed by atoms with E-state index < -0.39 is 5.54 Å². The van der Waals surface area contributed by atoms with Crippen molar-refractivity contribution in [1.29, 1.82) is 0 Å². The lowest BCUT2D eigenvalue weighted by Crippen LogP contribution is -2.53. The molecule has 16 heavy (non-hydrogen) atoms. The van der Waals surface area contributed by atoms with E-state index in [1.54, 1.807) is 0 Å². The lowest BCUT2D eigenvalue weighted by atomic mass is 10.0. The van der Waals surface area contributed by atoms with Crippen LogP contribution in [-0.2, 0) is 4.79 Å². The van der Waals surface area contributed by atoms with Crippen LogP contribution in [0.3, 0.4) is 0 Å². The summed E-state index contributed by atoms with van der Waals surface area (Å²) in [6.45, 7) is 12.3. The fraction of sp³-hybridized carbons (Fsp3) is 0.923. The van der Waals surface area contributed by atoms with Gasteiger partial charge >= 0.3 is 0 Å². The number of carbonyl (C=O) groups excluding carboxylic acids is 1. The van der Waals surface area contributed by atoms with Crippen LogP contribution in [0.2, 0.25) is 0 Å². The summed E-state index contributed by atoms with van der Waals surface area (Å²) in [7, 11) is 0. The molecule has 0 aliphatic carbocycles. The SMILES string of the molecule is CC(C)CCN1C(=O)C(C)(C)NCCC1C. The molecule has 1 rings (SSSR count). The molecule has 1 saturated heterocycles. The highest BCUT2D eigenvalue weighted by atomic mass is 16.2. The van der Waals surface area contributed by atoms with Gasteiger partial charge in [-0.25, -0.2) is 0 Å². The molecular weight excluding hydrogens is 200 g/mol. The third-order valence-corrected chi connectivity index (χ3v) is 3.40. The summed E-state index contributed by atoms with van der Waals surface area (Å²) in [6, 6.07) is 0.362. The van der Waals surface area contributed by atoms with Gasteiger partial charge in [-0.05, 0) is 46.1 Å². The van der Waals surface area contributed by atoms with E-state index in [0.29, 0.717) is 12.0 Å². The molecule has 1 aliphatic rings. The predicted octanol–water partition coefficient (Wildman–Crippen LogP) is 2.02. The maximum atomic E-state index is 12.4. The Morgan fingerprint density at radius 3 is 2.69 bits per heavy atom. The van der Waals surface area contributed by atoms with Gasteiger partial charge in [0.15, 0.2) is 0 Å². The van der Waals surface area contributed by atoms with Crippen LogP contribution >= 0.6 is 0 Å². The number of nitrogens with zero attached hydrogens (tertiary/aromatic N) is 1. The Morgan fingerprint density at radius 1 is 1.50 bits per heavy atom. The second-order valence-corrected chi connectivity index (χ2v) is 5.87. The van der Waals surface area contributed by atoms with E-state index in [9.17, 15) is 4.79 Å². The topological polar surface area (TPSA) is 32.3 Å². The van der Waals surface area contributed by atoms with Crippen LogP contribution in [0, 0.1) is 5.92 Å². The molecule has 0 aromatic rings. The van der Waals surface area contributed by atoms with Gasteiger partial charge in [-0.3, -0.25) is 4.79 Å². The summed E-state index contributed by atoms with van der Waals surface area (Å²) >= 11 is 0. The number of nitrogens with one attached hydrogen (secondary N) is 1. The van der Waals surface area contributed by atoms with Crippen LogP contribution in [0.4, 0.5) is 0 Å². The van der Waals surface area contributed by atoms with Crippen molar-refractivity contribution in [1.82, 2.24) is 10.2 Å². The molecule has 1 fully saturated rings. The maximum Gasteiger partial charge on any atom is 0.242 e. The van der Waals surface area contributed by atoms with Gasteiger partial charge in [0.05, 0.1) is 5.54 Å². The third kappa shape index (κ3) is 3.21. The molecule has 1 N–H and O–H groups in total. The first-order valence-corrected chi connectivity index (χ1v) is 6.40. The van der Waals surface area contributed by atoms with Crippen LogP contribution in [0.15, 0.2) is 0 Å². The largest absolute Gasteiger partial charge is 0.338 e. The molecular formula is C13H26N2O. The van der Waals surface area contributed by atoms with Gasteiger partial charge in [0.25, 0.3) is 0 Å². The summed E-state index contributed by atoms with van der Waals surface area (Å²) < 4.78 is 0. The third-order valence-electron chi connectivity index (χ3n) is 3.40. The molecule has 1 amide bonds. The van der Waals surface area contributed by atoms with Crippen molar-refractivity contribution >= 4 is 5.91 Å². The van der Waals surface area contributed by atoms with E-state index >= 15 is 0 Å². The Bertz CT molecular complexity index is 248. The van der Waals surface area contributed by atoms with E-state index in [0.717, 1.165) is 25.9 Å². The average Bonchev–Trinajstić information content (AvgIpc) is 2.24. The second kappa shape index (κ2) is 5.17. The molecule has 0 radical (unpaired) electrons. The van der Waals surface area contributed by atoms with E-state index in [4.69, 9.17) is 0 Å². The smallest absolute Gasteiger partial charge is 0.242 e. The highest BCUT2D eigenvalue weighted by Gasteiger charge is 2.36. The van der Waals surface area contributed by atoms with Crippen LogP contribution in [0.1, 0.15) is 47.5 Å². The molecule has 1 aliphatic heterocycles. The van der Waals surface area contributed by atoms with E-state index in [2.05, 4.69) is 31.0 Å². The second-order valence-electron chi connectivity index (χ2n) is 5.87. The summed E-state index contributed by atoms with van der Waals surface area (Å²) in [4.78, 5) is 14.4. The Balaban J connectivity index is 2.72. The van der Waals surface area contributed by atoms with Crippen molar-refractivity contribution in [3.8, 4) is 0 Å². The first kappa shape index (κ1) is 13.5. The molecule has 0 bridgehead atoms. The normalized spacial score (nSPS) is 26.0. The molecule has 94 valence electrons. The number of hydrogen-bond donors (Lipinski definition) is 1. The van der Waals surface area contributed by atoms with Crippen molar-refractivity contribution in [3.05, 3.63) is 0 Å². The molecule has 0 spiro atoms. The van der Waals surface area contributed by atoms with E-state index in [1.807, 2.05) is 13.8 Å². The zero-order chi connectivity index (χ0) is 12.3. The van der Waals surface area contributed by atoms with Gasteiger partial charge in [-0.15, -0.1) is 0 Å². The van der Waals surface area contributed by atoms with Crippen LogP contribution in [-0.4, -0.2) is 35.5 Å². The van der Waals surface area contributed by atoms with Gasteiger partial charge in [0.1, 0.15) is 0 Å². The van der Waals surface area contributed by atoms with Crippen molar-refractivity contribution in [2.75, 3.05) is 13.1 Å². The number of rotatable bonds is 3. The van der Waals surface area contributed by atoms with Crippen molar-refractivity contribution in [2.45, 2.75) is 59.0 Å². The highest BCUT2D eigenvalue weighted by Crippen LogP contribution is 2.18. The Labute approximate surface area is 99.6 Å². The Kier molecular flexibility index (Phi) is 4.36. The summed E-state index contributed by atoms with van der Waals surface area (Å²) in [5, 5.41) is 3.33.